The molecule has 3 rings (SSSR count). The van der Waals surface area contributed by atoms with Crippen LogP contribution in [0, 0.1) is 5.92 Å². The Morgan fingerprint density at radius 2 is 2.10 bits per heavy atom. The van der Waals surface area contributed by atoms with Crippen LogP contribution >= 0.6 is 11.6 Å². The van der Waals surface area contributed by atoms with Gasteiger partial charge in [-0.2, -0.15) is 13.2 Å². The minimum Gasteiger partial charge on any atom is -0.316 e. The molecule has 2 aromatic rings. The van der Waals surface area contributed by atoms with E-state index < -0.39 is 11.7 Å². The number of nitrogens with zero attached hydrogens (tertiary/aromatic N) is 3. The number of pyridine rings is 1. The quantitative estimate of drug-likeness (QED) is 0.927. The van der Waals surface area contributed by atoms with E-state index in [1.165, 1.54) is 4.40 Å². The number of fused-ring (bicyclic) bond motifs is 1. The number of halogens is 4. The lowest BCUT2D eigenvalue weighted by Gasteiger charge is -2.31. The summed E-state index contributed by atoms with van der Waals surface area (Å²) in [4.78, 5) is 0. The van der Waals surface area contributed by atoms with Crippen LogP contribution in [0.2, 0.25) is 5.02 Å². The van der Waals surface area contributed by atoms with Gasteiger partial charge < -0.3 is 5.32 Å². The van der Waals surface area contributed by atoms with Crippen molar-refractivity contribution < 1.29 is 13.2 Å². The molecule has 1 unspecified atom stereocenters. The second kappa shape index (κ2) is 4.60. The second-order valence-electron chi connectivity index (χ2n) is 5.03. The Labute approximate surface area is 117 Å². The van der Waals surface area contributed by atoms with Crippen LogP contribution < -0.4 is 5.32 Å². The summed E-state index contributed by atoms with van der Waals surface area (Å²) in [6.45, 7) is 3.61. The van der Waals surface area contributed by atoms with E-state index in [2.05, 4.69) is 15.5 Å². The Hall–Kier alpha value is -1.34. The summed E-state index contributed by atoms with van der Waals surface area (Å²) in [5, 5.41) is 11.0. The van der Waals surface area contributed by atoms with Gasteiger partial charge in [-0.25, -0.2) is 0 Å². The SMILES string of the molecule is CC(c1nnc2c(Cl)cc(C(F)(F)F)cn12)C1CNC1. The highest BCUT2D eigenvalue weighted by Gasteiger charge is 2.33. The molecule has 1 atom stereocenters. The lowest BCUT2D eigenvalue weighted by Crippen LogP contribution is -2.45. The van der Waals surface area contributed by atoms with Crippen LogP contribution in [0.1, 0.15) is 24.2 Å². The molecule has 20 heavy (non-hydrogen) atoms. The maximum atomic E-state index is 12.8. The molecule has 0 aromatic carbocycles. The van der Waals surface area contributed by atoms with Crippen LogP contribution in [-0.2, 0) is 6.18 Å². The zero-order valence-corrected chi connectivity index (χ0v) is 11.3. The predicted molar refractivity (Wildman–Crippen MR) is 67.8 cm³/mol. The van der Waals surface area contributed by atoms with E-state index >= 15 is 0 Å². The molecule has 1 fully saturated rings. The number of rotatable bonds is 2. The number of hydrogen-bond acceptors (Lipinski definition) is 3. The summed E-state index contributed by atoms with van der Waals surface area (Å²) in [6, 6.07) is 0.880. The van der Waals surface area contributed by atoms with Gasteiger partial charge in [0, 0.05) is 12.1 Å². The Morgan fingerprint density at radius 1 is 1.40 bits per heavy atom. The third-order valence-electron chi connectivity index (χ3n) is 3.74. The van der Waals surface area contributed by atoms with Gasteiger partial charge in [-0.05, 0) is 25.1 Å². The molecule has 108 valence electrons. The normalized spacial score (nSPS) is 18.2. The Bertz CT molecular complexity index is 648. The molecular weight excluding hydrogens is 293 g/mol. The molecular formula is C12H12ClF3N4. The van der Waals surface area contributed by atoms with Crippen LogP contribution in [-0.4, -0.2) is 27.7 Å². The van der Waals surface area contributed by atoms with E-state index in [0.29, 0.717) is 11.7 Å². The standard InChI is InChI=1S/C12H12ClF3N4/c1-6(7-3-17-4-7)10-18-19-11-9(13)2-8(5-20(10)11)12(14,15)16/h2,5-7,17H,3-4H2,1H3. The molecule has 0 aliphatic carbocycles. The number of alkyl halides is 3. The van der Waals surface area contributed by atoms with Gasteiger partial charge in [0.25, 0.3) is 0 Å². The molecule has 0 amide bonds. The van der Waals surface area contributed by atoms with Crippen LogP contribution in [0.15, 0.2) is 12.3 Å². The summed E-state index contributed by atoms with van der Waals surface area (Å²) < 4.78 is 39.9. The molecule has 8 heteroatoms. The molecule has 0 saturated carbocycles. The fourth-order valence-corrected chi connectivity index (χ4v) is 2.56. The molecule has 0 radical (unpaired) electrons. The van der Waals surface area contributed by atoms with Crippen molar-refractivity contribution >= 4 is 17.2 Å². The van der Waals surface area contributed by atoms with Crippen molar-refractivity contribution in [3.8, 4) is 0 Å². The zero-order chi connectivity index (χ0) is 14.5. The Kier molecular flexibility index (Phi) is 3.13. The third-order valence-corrected chi connectivity index (χ3v) is 4.02. The van der Waals surface area contributed by atoms with Gasteiger partial charge in [0.05, 0.1) is 10.6 Å². The molecule has 0 bridgehead atoms. The van der Waals surface area contributed by atoms with Gasteiger partial charge in [0.2, 0.25) is 0 Å². The number of aromatic nitrogens is 3. The van der Waals surface area contributed by atoms with Crippen molar-refractivity contribution in [1.29, 1.82) is 0 Å². The summed E-state index contributed by atoms with van der Waals surface area (Å²) in [5.41, 5.74) is -0.538. The lowest BCUT2D eigenvalue weighted by molar-refractivity contribution is -0.137. The van der Waals surface area contributed by atoms with Gasteiger partial charge in [-0.15, -0.1) is 10.2 Å². The van der Waals surface area contributed by atoms with E-state index in [9.17, 15) is 13.2 Å². The first-order valence-electron chi connectivity index (χ1n) is 6.20. The van der Waals surface area contributed by atoms with Crippen LogP contribution in [0.3, 0.4) is 0 Å². The summed E-state index contributed by atoms with van der Waals surface area (Å²) in [7, 11) is 0. The monoisotopic (exact) mass is 304 g/mol. The maximum absolute atomic E-state index is 12.8. The molecule has 1 saturated heterocycles. The molecule has 3 heterocycles. The predicted octanol–water partition coefficient (Wildman–Crippen LogP) is 2.72. The summed E-state index contributed by atoms with van der Waals surface area (Å²) >= 11 is 5.88. The molecule has 1 N–H and O–H groups in total. The average molecular weight is 305 g/mol. The second-order valence-corrected chi connectivity index (χ2v) is 5.44. The number of nitrogens with one attached hydrogen (secondary N) is 1. The highest BCUT2D eigenvalue weighted by Crippen LogP contribution is 2.34. The van der Waals surface area contributed by atoms with Gasteiger partial charge >= 0.3 is 6.18 Å². The van der Waals surface area contributed by atoms with Crippen LogP contribution in [0.5, 0.6) is 0 Å². The molecule has 2 aromatic heterocycles. The minimum atomic E-state index is -4.44. The van der Waals surface area contributed by atoms with E-state index in [1.54, 1.807) is 0 Å². The van der Waals surface area contributed by atoms with Crippen LogP contribution in [0.4, 0.5) is 13.2 Å². The van der Waals surface area contributed by atoms with Gasteiger partial charge in [-0.1, -0.05) is 18.5 Å². The average Bonchev–Trinajstić information content (AvgIpc) is 2.69. The van der Waals surface area contributed by atoms with Gasteiger partial charge in [0.15, 0.2) is 5.65 Å². The minimum absolute atomic E-state index is 0.0193. The largest absolute Gasteiger partial charge is 0.417 e. The first-order valence-corrected chi connectivity index (χ1v) is 6.58. The topological polar surface area (TPSA) is 42.2 Å². The first kappa shape index (κ1) is 13.6. The van der Waals surface area contributed by atoms with Crippen molar-refractivity contribution in [3.05, 3.63) is 28.7 Å². The van der Waals surface area contributed by atoms with Crippen molar-refractivity contribution in [1.82, 2.24) is 19.9 Å². The van der Waals surface area contributed by atoms with Gasteiger partial charge in [-0.3, -0.25) is 4.40 Å². The van der Waals surface area contributed by atoms with Gasteiger partial charge in [0.1, 0.15) is 5.82 Å². The van der Waals surface area contributed by atoms with Crippen LogP contribution in [0.25, 0.3) is 5.65 Å². The first-order chi connectivity index (χ1) is 9.38. The summed E-state index contributed by atoms with van der Waals surface area (Å²) in [6.07, 6.45) is -3.43. The Balaban J connectivity index is 2.12. The molecule has 1 aliphatic heterocycles. The fraction of sp³-hybridized carbons (Fsp3) is 0.500. The van der Waals surface area contributed by atoms with E-state index in [0.717, 1.165) is 25.4 Å². The molecule has 1 aliphatic rings. The maximum Gasteiger partial charge on any atom is 0.417 e. The highest BCUT2D eigenvalue weighted by molar-refractivity contribution is 6.33. The van der Waals surface area contributed by atoms with Crippen molar-refractivity contribution in [2.75, 3.05) is 13.1 Å². The van der Waals surface area contributed by atoms with Crippen molar-refractivity contribution in [3.63, 3.8) is 0 Å². The van der Waals surface area contributed by atoms with Crippen molar-refractivity contribution in [2.24, 2.45) is 5.92 Å². The van der Waals surface area contributed by atoms with E-state index in [1.807, 2.05) is 6.92 Å². The lowest BCUT2D eigenvalue weighted by atomic mass is 9.88. The smallest absolute Gasteiger partial charge is 0.316 e. The number of hydrogen-bond donors (Lipinski definition) is 1. The molecule has 4 nitrogen and oxygen atoms in total. The van der Waals surface area contributed by atoms with E-state index in [4.69, 9.17) is 11.6 Å². The highest BCUT2D eigenvalue weighted by atomic mass is 35.5. The Morgan fingerprint density at radius 3 is 2.65 bits per heavy atom. The van der Waals surface area contributed by atoms with Crippen molar-refractivity contribution in [2.45, 2.75) is 19.0 Å². The third kappa shape index (κ3) is 2.14. The van der Waals surface area contributed by atoms with E-state index in [-0.39, 0.29) is 16.6 Å². The molecule has 0 spiro atoms. The summed E-state index contributed by atoms with van der Waals surface area (Å²) in [5.74, 6) is 0.890. The fourth-order valence-electron chi connectivity index (χ4n) is 2.31. The zero-order valence-electron chi connectivity index (χ0n) is 10.6.